The van der Waals surface area contributed by atoms with Crippen molar-refractivity contribution in [2.24, 2.45) is 0 Å². The van der Waals surface area contributed by atoms with E-state index in [1.165, 1.54) is 11.1 Å². The molecule has 0 radical (unpaired) electrons. The van der Waals surface area contributed by atoms with E-state index in [2.05, 4.69) is 29.6 Å². The molecule has 0 aromatic heterocycles. The lowest BCUT2D eigenvalue weighted by molar-refractivity contribution is 0.0669. The molecule has 1 spiro atoms. The summed E-state index contributed by atoms with van der Waals surface area (Å²) in [6, 6.07) is 8.76. The summed E-state index contributed by atoms with van der Waals surface area (Å²) >= 11 is 2.04. The van der Waals surface area contributed by atoms with Gasteiger partial charge in [-0.2, -0.15) is 11.8 Å². The second-order valence-corrected chi connectivity index (χ2v) is 8.75. The Balaban J connectivity index is 1.33. The molecule has 4 rings (SSSR count). The van der Waals surface area contributed by atoms with Crippen LogP contribution in [0.2, 0.25) is 0 Å². The van der Waals surface area contributed by atoms with Crippen molar-refractivity contribution >= 4 is 17.8 Å². The average Bonchev–Trinajstić information content (AvgIpc) is 3.03. The zero-order valence-corrected chi connectivity index (χ0v) is 14.9. The quantitative estimate of drug-likeness (QED) is 0.895. The van der Waals surface area contributed by atoms with Crippen molar-refractivity contribution in [3.8, 4) is 0 Å². The topological polar surface area (TPSA) is 41.6 Å². The normalized spacial score (nSPS) is 25.5. The summed E-state index contributed by atoms with van der Waals surface area (Å²) in [5.41, 5.74) is 2.88. The maximum absolute atomic E-state index is 12.7. The largest absolute Gasteiger partial charge is 0.381 e. The summed E-state index contributed by atoms with van der Waals surface area (Å²) in [7, 11) is 0. The molecule has 3 aliphatic rings. The number of benzene rings is 1. The minimum Gasteiger partial charge on any atom is -0.381 e. The lowest BCUT2D eigenvalue weighted by atomic mass is 9.98. The lowest BCUT2D eigenvalue weighted by Gasteiger charge is -2.44. The Bertz CT molecular complexity index is 595. The van der Waals surface area contributed by atoms with Crippen LogP contribution < -0.4 is 5.32 Å². The number of nitrogens with zero attached hydrogens (tertiary/aromatic N) is 1. The number of carbonyl (C=O) groups is 1. The van der Waals surface area contributed by atoms with Crippen LogP contribution in [0.1, 0.15) is 36.3 Å². The molecule has 2 saturated heterocycles. The van der Waals surface area contributed by atoms with Gasteiger partial charge in [0.15, 0.2) is 0 Å². The minimum absolute atomic E-state index is 0.116. The van der Waals surface area contributed by atoms with Crippen LogP contribution in [0.25, 0.3) is 0 Å². The second-order valence-electron chi connectivity index (χ2n) is 7.19. The number of fused-ring (bicyclic) bond motifs is 1. The monoisotopic (exact) mass is 346 g/mol. The van der Waals surface area contributed by atoms with Crippen LogP contribution in [0, 0.1) is 0 Å². The van der Waals surface area contributed by atoms with Gasteiger partial charge in [-0.25, -0.2) is 4.79 Å². The third-order valence-electron chi connectivity index (χ3n) is 5.70. The number of aryl methyl sites for hydroxylation is 1. The maximum Gasteiger partial charge on any atom is 0.317 e. The predicted molar refractivity (Wildman–Crippen MR) is 97.7 cm³/mol. The van der Waals surface area contributed by atoms with Crippen molar-refractivity contribution in [1.82, 2.24) is 10.2 Å². The molecule has 1 aromatic carbocycles. The van der Waals surface area contributed by atoms with Crippen LogP contribution in [0.15, 0.2) is 24.3 Å². The molecule has 5 heteroatoms. The molecule has 130 valence electrons. The smallest absolute Gasteiger partial charge is 0.317 e. The third-order valence-corrected chi connectivity index (χ3v) is 7.23. The van der Waals surface area contributed by atoms with E-state index in [0.717, 1.165) is 64.3 Å². The van der Waals surface area contributed by atoms with Crippen molar-refractivity contribution in [3.05, 3.63) is 35.4 Å². The third kappa shape index (κ3) is 3.29. The van der Waals surface area contributed by atoms with Crippen LogP contribution in [0.3, 0.4) is 0 Å². The first-order chi connectivity index (χ1) is 11.8. The summed E-state index contributed by atoms with van der Waals surface area (Å²) in [5.74, 6) is 1.51. The van der Waals surface area contributed by atoms with Crippen LogP contribution in [-0.2, 0) is 11.2 Å². The molecule has 2 heterocycles. The van der Waals surface area contributed by atoms with Gasteiger partial charge in [-0.1, -0.05) is 24.3 Å². The van der Waals surface area contributed by atoms with Gasteiger partial charge < -0.3 is 15.0 Å². The fraction of sp³-hybridized carbons (Fsp3) is 0.632. The Labute approximate surface area is 148 Å². The molecule has 0 bridgehead atoms. The number of hydrogen-bond acceptors (Lipinski definition) is 3. The molecule has 1 unspecified atom stereocenters. The van der Waals surface area contributed by atoms with Crippen molar-refractivity contribution in [3.63, 3.8) is 0 Å². The zero-order chi connectivity index (χ0) is 16.4. The molecule has 24 heavy (non-hydrogen) atoms. The molecule has 0 saturated carbocycles. The molecule has 1 aromatic rings. The number of urea groups is 1. The first kappa shape index (κ1) is 16.3. The van der Waals surface area contributed by atoms with Crippen LogP contribution >= 0.6 is 11.8 Å². The number of ether oxygens (including phenoxy) is 1. The van der Waals surface area contributed by atoms with Gasteiger partial charge in [0, 0.05) is 49.3 Å². The van der Waals surface area contributed by atoms with E-state index in [-0.39, 0.29) is 10.8 Å². The van der Waals surface area contributed by atoms with Gasteiger partial charge in [-0.15, -0.1) is 0 Å². The summed E-state index contributed by atoms with van der Waals surface area (Å²) < 4.78 is 5.74. The summed E-state index contributed by atoms with van der Waals surface area (Å²) in [5, 5.41) is 3.20. The van der Waals surface area contributed by atoms with Crippen molar-refractivity contribution < 1.29 is 9.53 Å². The maximum atomic E-state index is 12.7. The van der Waals surface area contributed by atoms with E-state index in [0.29, 0.717) is 5.92 Å². The molecule has 4 nitrogen and oxygen atoms in total. The highest BCUT2D eigenvalue weighted by Gasteiger charge is 2.39. The highest BCUT2D eigenvalue weighted by molar-refractivity contribution is 8.00. The van der Waals surface area contributed by atoms with Gasteiger partial charge in [0.05, 0.1) is 0 Å². The Kier molecular flexibility index (Phi) is 4.72. The van der Waals surface area contributed by atoms with E-state index in [1.54, 1.807) is 0 Å². The van der Waals surface area contributed by atoms with Gasteiger partial charge in [0.25, 0.3) is 0 Å². The second kappa shape index (κ2) is 6.96. The molecular weight excluding hydrogens is 320 g/mol. The molecule has 2 aliphatic heterocycles. The Hall–Kier alpha value is -1.20. The van der Waals surface area contributed by atoms with E-state index in [1.807, 2.05) is 16.7 Å². The van der Waals surface area contributed by atoms with Crippen LogP contribution in [0.5, 0.6) is 0 Å². The van der Waals surface area contributed by atoms with Gasteiger partial charge in [-0.3, -0.25) is 0 Å². The fourth-order valence-corrected chi connectivity index (χ4v) is 5.69. The van der Waals surface area contributed by atoms with E-state index < -0.39 is 0 Å². The summed E-state index contributed by atoms with van der Waals surface area (Å²) in [6.07, 6.45) is 4.42. The molecular formula is C19H26N2O2S. The molecule has 1 N–H and O–H groups in total. The van der Waals surface area contributed by atoms with Gasteiger partial charge in [0.1, 0.15) is 0 Å². The Morgan fingerprint density at radius 1 is 1.33 bits per heavy atom. The number of amides is 2. The van der Waals surface area contributed by atoms with Crippen LogP contribution in [0.4, 0.5) is 4.79 Å². The van der Waals surface area contributed by atoms with E-state index in [4.69, 9.17) is 4.74 Å². The highest BCUT2D eigenvalue weighted by atomic mass is 32.2. The molecule has 2 fully saturated rings. The number of rotatable bonds is 2. The Morgan fingerprint density at radius 3 is 3.04 bits per heavy atom. The predicted octanol–water partition coefficient (Wildman–Crippen LogP) is 3.02. The molecule has 1 aliphatic carbocycles. The number of carbonyl (C=O) groups excluding carboxylic acids is 1. The number of hydrogen-bond donors (Lipinski definition) is 1. The molecule has 1 atom stereocenters. The minimum atomic E-state index is 0.116. The highest BCUT2D eigenvalue weighted by Crippen LogP contribution is 2.39. The van der Waals surface area contributed by atoms with Crippen LogP contribution in [-0.4, -0.2) is 54.3 Å². The molecule has 2 amide bonds. The summed E-state index contributed by atoms with van der Waals surface area (Å²) in [6.45, 7) is 4.16. The Morgan fingerprint density at radius 2 is 2.17 bits per heavy atom. The fourth-order valence-electron chi connectivity index (χ4n) is 4.24. The number of nitrogens with one attached hydrogen (secondary N) is 1. The van der Waals surface area contributed by atoms with Crippen molar-refractivity contribution in [2.75, 3.05) is 38.6 Å². The standard InChI is InChI=1S/C19H26N2O2S/c22-18(20-13-16-6-5-15-3-1-2-4-17(15)16)21-9-12-24-19(14-21)7-10-23-11-8-19/h1-4,16H,5-14H2,(H,20,22). The van der Waals surface area contributed by atoms with Gasteiger partial charge >= 0.3 is 6.03 Å². The van der Waals surface area contributed by atoms with E-state index >= 15 is 0 Å². The van der Waals surface area contributed by atoms with Gasteiger partial charge in [-0.05, 0) is 36.8 Å². The zero-order valence-electron chi connectivity index (χ0n) is 14.1. The van der Waals surface area contributed by atoms with E-state index in [9.17, 15) is 4.79 Å². The first-order valence-corrected chi connectivity index (χ1v) is 10.1. The van der Waals surface area contributed by atoms with Gasteiger partial charge in [0.2, 0.25) is 0 Å². The average molecular weight is 346 g/mol. The first-order valence-electron chi connectivity index (χ1n) is 9.08. The number of thioether (sulfide) groups is 1. The SMILES string of the molecule is O=C(NCC1CCc2ccccc21)N1CCSC2(CCOCC2)C1. The summed E-state index contributed by atoms with van der Waals surface area (Å²) in [4.78, 5) is 14.7. The van der Waals surface area contributed by atoms with Crippen molar-refractivity contribution in [1.29, 1.82) is 0 Å². The lowest BCUT2D eigenvalue weighted by Crippen LogP contribution is -2.54. The van der Waals surface area contributed by atoms with Crippen molar-refractivity contribution in [2.45, 2.75) is 36.3 Å².